The van der Waals surface area contributed by atoms with Crippen molar-refractivity contribution in [2.24, 2.45) is 5.92 Å². The van der Waals surface area contributed by atoms with Crippen molar-refractivity contribution in [2.75, 3.05) is 14.2 Å². The fourth-order valence-electron chi connectivity index (χ4n) is 3.07. The molecule has 1 N–H and O–H groups in total. The Hall–Kier alpha value is -2.18. The lowest BCUT2D eigenvalue weighted by Crippen LogP contribution is -2.18. The van der Waals surface area contributed by atoms with Crippen LogP contribution in [0.1, 0.15) is 30.4 Å². The van der Waals surface area contributed by atoms with Gasteiger partial charge in [0.25, 0.3) is 0 Å². The van der Waals surface area contributed by atoms with Crippen molar-refractivity contribution in [1.82, 2.24) is 4.72 Å². The van der Waals surface area contributed by atoms with Gasteiger partial charge in [-0.25, -0.2) is 13.1 Å². The fraction of sp³-hybridized carbons (Fsp3) is 0.381. The standard InChI is InChI=1S/C21H27NO4S/c1-22-27(24,25)20-13-7-11-18(16-20)10-6-12-19(21(23)26-2)15-14-17-8-4-3-5-9-17/h3-5,7-9,11,13,16,19,22H,6,10,12,14-15H2,1-2H3. The first-order chi connectivity index (χ1) is 13.0. The summed E-state index contributed by atoms with van der Waals surface area (Å²) in [6.07, 6.45) is 3.79. The van der Waals surface area contributed by atoms with E-state index in [4.69, 9.17) is 4.74 Å². The maximum absolute atomic E-state index is 12.1. The van der Waals surface area contributed by atoms with E-state index in [9.17, 15) is 13.2 Å². The molecule has 0 aliphatic rings. The summed E-state index contributed by atoms with van der Waals surface area (Å²) in [4.78, 5) is 12.4. The first kappa shape index (κ1) is 21.1. The number of nitrogens with one attached hydrogen (secondary N) is 1. The van der Waals surface area contributed by atoms with E-state index in [1.165, 1.54) is 19.7 Å². The van der Waals surface area contributed by atoms with Gasteiger partial charge in [0.1, 0.15) is 0 Å². The fourth-order valence-corrected chi connectivity index (χ4v) is 3.87. The molecule has 1 atom stereocenters. The van der Waals surface area contributed by atoms with E-state index >= 15 is 0 Å². The van der Waals surface area contributed by atoms with Crippen molar-refractivity contribution in [3.05, 3.63) is 65.7 Å². The number of sulfonamides is 1. The highest BCUT2D eigenvalue weighted by Gasteiger charge is 2.19. The van der Waals surface area contributed by atoms with Gasteiger partial charge < -0.3 is 4.74 Å². The van der Waals surface area contributed by atoms with Gasteiger partial charge in [-0.1, -0.05) is 42.5 Å². The summed E-state index contributed by atoms with van der Waals surface area (Å²) in [5.74, 6) is -0.336. The van der Waals surface area contributed by atoms with Gasteiger partial charge >= 0.3 is 5.97 Å². The largest absolute Gasteiger partial charge is 0.469 e. The van der Waals surface area contributed by atoms with Crippen LogP contribution in [-0.2, 0) is 32.4 Å². The van der Waals surface area contributed by atoms with Gasteiger partial charge in [0.2, 0.25) is 10.0 Å². The minimum atomic E-state index is -3.44. The van der Waals surface area contributed by atoms with Gasteiger partial charge in [-0.15, -0.1) is 0 Å². The molecule has 0 spiro atoms. The van der Waals surface area contributed by atoms with Crippen molar-refractivity contribution >= 4 is 16.0 Å². The number of ether oxygens (including phenoxy) is 1. The molecule has 6 heteroatoms. The molecule has 2 aromatic rings. The number of benzene rings is 2. The van der Waals surface area contributed by atoms with Crippen molar-refractivity contribution in [3.63, 3.8) is 0 Å². The maximum Gasteiger partial charge on any atom is 0.308 e. The van der Waals surface area contributed by atoms with Gasteiger partial charge in [0.15, 0.2) is 0 Å². The molecule has 0 radical (unpaired) electrons. The van der Waals surface area contributed by atoms with Gasteiger partial charge in [-0.3, -0.25) is 4.79 Å². The van der Waals surface area contributed by atoms with Crippen molar-refractivity contribution in [2.45, 2.75) is 37.0 Å². The van der Waals surface area contributed by atoms with Crippen LogP contribution in [-0.4, -0.2) is 28.5 Å². The molecule has 0 aromatic heterocycles. The molecular formula is C21H27NO4S. The monoisotopic (exact) mass is 389 g/mol. The lowest BCUT2D eigenvalue weighted by molar-refractivity contribution is -0.145. The molecule has 0 heterocycles. The lowest BCUT2D eigenvalue weighted by atomic mass is 9.93. The normalized spacial score (nSPS) is 12.5. The molecule has 0 amide bonds. The number of hydrogen-bond acceptors (Lipinski definition) is 4. The third-order valence-corrected chi connectivity index (χ3v) is 6.07. The Morgan fingerprint density at radius 1 is 1.00 bits per heavy atom. The average molecular weight is 390 g/mol. The summed E-state index contributed by atoms with van der Waals surface area (Å²) < 4.78 is 31.1. The van der Waals surface area contributed by atoms with E-state index in [0.717, 1.165) is 24.8 Å². The topological polar surface area (TPSA) is 72.5 Å². The van der Waals surface area contributed by atoms with Crippen LogP contribution in [0, 0.1) is 5.92 Å². The third-order valence-electron chi connectivity index (χ3n) is 4.65. The molecule has 0 aliphatic carbocycles. The van der Waals surface area contributed by atoms with E-state index in [-0.39, 0.29) is 16.8 Å². The highest BCUT2D eigenvalue weighted by atomic mass is 32.2. The van der Waals surface area contributed by atoms with Crippen LogP contribution < -0.4 is 4.72 Å². The predicted octanol–water partition coefficient (Wildman–Crippen LogP) is 3.34. The van der Waals surface area contributed by atoms with Gasteiger partial charge in [-0.05, 0) is 62.4 Å². The van der Waals surface area contributed by atoms with Crippen LogP contribution in [0.25, 0.3) is 0 Å². The van der Waals surface area contributed by atoms with E-state index < -0.39 is 10.0 Å². The van der Waals surface area contributed by atoms with Crippen molar-refractivity contribution in [1.29, 1.82) is 0 Å². The lowest BCUT2D eigenvalue weighted by Gasteiger charge is -2.15. The zero-order valence-corrected chi connectivity index (χ0v) is 16.7. The average Bonchev–Trinajstić information content (AvgIpc) is 2.71. The summed E-state index contributed by atoms with van der Waals surface area (Å²) in [6, 6.07) is 17.0. The Labute approximate surface area is 161 Å². The van der Waals surface area contributed by atoms with Gasteiger partial charge in [-0.2, -0.15) is 0 Å². The number of carbonyl (C=O) groups is 1. The number of methoxy groups -OCH3 is 1. The van der Waals surface area contributed by atoms with E-state index in [0.29, 0.717) is 12.8 Å². The molecule has 0 fully saturated rings. The van der Waals surface area contributed by atoms with Crippen molar-refractivity contribution < 1.29 is 17.9 Å². The number of rotatable bonds is 10. The third kappa shape index (κ3) is 6.48. The second kappa shape index (κ2) is 10.2. The second-order valence-corrected chi connectivity index (χ2v) is 8.38. The SMILES string of the molecule is CNS(=O)(=O)c1cccc(CCCC(CCc2ccccc2)C(=O)OC)c1. The first-order valence-corrected chi connectivity index (χ1v) is 10.6. The van der Waals surface area contributed by atoms with Crippen LogP contribution >= 0.6 is 0 Å². The summed E-state index contributed by atoms with van der Waals surface area (Å²) >= 11 is 0. The van der Waals surface area contributed by atoms with Gasteiger partial charge in [0.05, 0.1) is 17.9 Å². The molecule has 1 unspecified atom stereocenters. The molecule has 5 nitrogen and oxygen atoms in total. The molecule has 27 heavy (non-hydrogen) atoms. The maximum atomic E-state index is 12.1. The quantitative estimate of drug-likeness (QED) is 0.633. The molecule has 2 rings (SSSR count). The molecule has 0 saturated heterocycles. The molecule has 0 saturated carbocycles. The second-order valence-electron chi connectivity index (χ2n) is 6.49. The number of carbonyl (C=O) groups excluding carboxylic acids is 1. The summed E-state index contributed by atoms with van der Waals surface area (Å²) in [6.45, 7) is 0. The Morgan fingerprint density at radius 3 is 2.37 bits per heavy atom. The van der Waals surface area contributed by atoms with Gasteiger partial charge in [0, 0.05) is 0 Å². The highest BCUT2D eigenvalue weighted by Crippen LogP contribution is 2.20. The molecule has 146 valence electrons. The number of hydrogen-bond donors (Lipinski definition) is 1. The van der Waals surface area contributed by atoms with Crippen molar-refractivity contribution in [3.8, 4) is 0 Å². The molecular weight excluding hydrogens is 362 g/mol. The molecule has 2 aromatic carbocycles. The Morgan fingerprint density at radius 2 is 1.70 bits per heavy atom. The zero-order valence-electron chi connectivity index (χ0n) is 15.9. The number of aryl methyl sites for hydroxylation is 2. The van der Waals surface area contributed by atoms with E-state index in [2.05, 4.69) is 16.9 Å². The van der Waals surface area contributed by atoms with Crippen LogP contribution in [0.4, 0.5) is 0 Å². The molecule has 0 bridgehead atoms. The summed E-state index contributed by atoms with van der Waals surface area (Å²) in [7, 11) is -0.624. The predicted molar refractivity (Wildman–Crippen MR) is 106 cm³/mol. The summed E-state index contributed by atoms with van der Waals surface area (Å²) in [5, 5.41) is 0. The van der Waals surface area contributed by atoms with Crippen LogP contribution in [0.15, 0.2) is 59.5 Å². The van der Waals surface area contributed by atoms with Crippen LogP contribution in [0.5, 0.6) is 0 Å². The van der Waals surface area contributed by atoms with Crippen LogP contribution in [0.3, 0.4) is 0 Å². The van der Waals surface area contributed by atoms with Crippen LogP contribution in [0.2, 0.25) is 0 Å². The van der Waals surface area contributed by atoms with E-state index in [1.807, 2.05) is 24.3 Å². The Kier molecular flexibility index (Phi) is 8.00. The minimum Gasteiger partial charge on any atom is -0.469 e. The Bertz CT molecular complexity index is 834. The smallest absolute Gasteiger partial charge is 0.308 e. The first-order valence-electron chi connectivity index (χ1n) is 9.10. The minimum absolute atomic E-state index is 0.153. The number of esters is 1. The molecule has 0 aliphatic heterocycles. The zero-order chi connectivity index (χ0) is 19.7. The highest BCUT2D eigenvalue weighted by molar-refractivity contribution is 7.89. The Balaban J connectivity index is 1.93. The van der Waals surface area contributed by atoms with E-state index in [1.54, 1.807) is 18.2 Å². The summed E-state index contributed by atoms with van der Waals surface area (Å²) in [5.41, 5.74) is 2.15.